The van der Waals surface area contributed by atoms with Crippen molar-refractivity contribution in [1.29, 1.82) is 0 Å². The van der Waals surface area contributed by atoms with Gasteiger partial charge in [0.25, 0.3) is 0 Å². The minimum Gasteiger partial charge on any atom is -0.382 e. The van der Waals surface area contributed by atoms with Crippen LogP contribution in [0.2, 0.25) is 0 Å². The summed E-state index contributed by atoms with van der Waals surface area (Å²) < 4.78 is 12.9. The number of piperidine rings is 1. The number of aryl methyl sites for hydroxylation is 1. The smallest absolute Gasteiger partial charge is 0.318 e. The number of hydrogen-bond donors (Lipinski definition) is 1. The van der Waals surface area contributed by atoms with Gasteiger partial charge in [-0.2, -0.15) is 5.10 Å². The molecule has 2 aliphatic rings. The number of amides is 2. The zero-order chi connectivity index (χ0) is 16.9. The van der Waals surface area contributed by atoms with Gasteiger partial charge in [-0.05, 0) is 38.2 Å². The minimum atomic E-state index is -0.0980. The molecule has 7 heteroatoms. The van der Waals surface area contributed by atoms with E-state index in [-0.39, 0.29) is 24.2 Å². The molecule has 0 spiro atoms. The quantitative estimate of drug-likeness (QED) is 0.891. The van der Waals surface area contributed by atoms with Crippen LogP contribution in [0.3, 0.4) is 0 Å². The van der Waals surface area contributed by atoms with Crippen LogP contribution in [0.15, 0.2) is 12.3 Å². The first-order chi connectivity index (χ1) is 11.7. The maximum Gasteiger partial charge on any atom is 0.318 e. The van der Waals surface area contributed by atoms with E-state index in [4.69, 9.17) is 9.47 Å². The van der Waals surface area contributed by atoms with E-state index in [9.17, 15) is 4.79 Å². The third kappa shape index (κ3) is 3.72. The number of carbonyl (C=O) groups is 1. The SMILES string of the molecule is COCC(NC(=O)N1CCCCC1c1ccnn1C)C1CCCO1. The molecule has 134 valence electrons. The summed E-state index contributed by atoms with van der Waals surface area (Å²) in [5.74, 6) is 0. The van der Waals surface area contributed by atoms with Gasteiger partial charge in [0.1, 0.15) is 0 Å². The summed E-state index contributed by atoms with van der Waals surface area (Å²) in [6.07, 6.45) is 7.00. The van der Waals surface area contributed by atoms with Crippen molar-refractivity contribution < 1.29 is 14.3 Å². The lowest BCUT2D eigenvalue weighted by Gasteiger charge is -2.37. The van der Waals surface area contributed by atoms with Crippen molar-refractivity contribution in [2.24, 2.45) is 7.05 Å². The predicted octanol–water partition coefficient (Wildman–Crippen LogP) is 1.85. The van der Waals surface area contributed by atoms with Crippen molar-refractivity contribution in [2.45, 2.75) is 50.3 Å². The minimum absolute atomic E-state index is 0.0292. The standard InChI is InChI=1S/C17H28N4O3/c1-20-14(8-9-18-20)15-6-3-4-10-21(15)17(22)19-13(12-23-2)16-7-5-11-24-16/h8-9,13,15-16H,3-7,10-12H2,1-2H3,(H,19,22). The van der Waals surface area contributed by atoms with Gasteiger partial charge in [-0.15, -0.1) is 0 Å². The molecule has 3 unspecified atom stereocenters. The fraction of sp³-hybridized carbons (Fsp3) is 0.765. The first-order valence-electron chi connectivity index (χ1n) is 8.86. The summed E-state index contributed by atoms with van der Waals surface area (Å²) in [7, 11) is 3.59. The lowest BCUT2D eigenvalue weighted by atomic mass is 9.99. The van der Waals surface area contributed by atoms with Crippen molar-refractivity contribution in [1.82, 2.24) is 20.0 Å². The number of rotatable bonds is 5. The Morgan fingerprint density at radius 2 is 2.33 bits per heavy atom. The zero-order valence-corrected chi connectivity index (χ0v) is 14.6. The van der Waals surface area contributed by atoms with E-state index < -0.39 is 0 Å². The van der Waals surface area contributed by atoms with E-state index in [2.05, 4.69) is 10.4 Å². The summed E-state index contributed by atoms with van der Waals surface area (Å²) >= 11 is 0. The highest BCUT2D eigenvalue weighted by atomic mass is 16.5. The number of methoxy groups -OCH3 is 1. The van der Waals surface area contributed by atoms with Gasteiger partial charge in [0.2, 0.25) is 0 Å². The number of hydrogen-bond acceptors (Lipinski definition) is 4. The van der Waals surface area contributed by atoms with Crippen molar-refractivity contribution in [2.75, 3.05) is 26.9 Å². The van der Waals surface area contributed by atoms with Crippen molar-refractivity contribution in [3.05, 3.63) is 18.0 Å². The summed E-state index contributed by atoms with van der Waals surface area (Å²) in [6, 6.07) is 1.96. The van der Waals surface area contributed by atoms with Crippen LogP contribution < -0.4 is 5.32 Å². The molecule has 2 fully saturated rings. The van der Waals surface area contributed by atoms with Crippen LogP contribution in [-0.4, -0.2) is 59.7 Å². The Bertz CT molecular complexity index is 542. The normalized spacial score (nSPS) is 25.7. The van der Waals surface area contributed by atoms with Gasteiger partial charge in [-0.1, -0.05) is 0 Å². The van der Waals surface area contributed by atoms with Gasteiger partial charge >= 0.3 is 6.03 Å². The average Bonchev–Trinajstić information content (AvgIpc) is 3.26. The van der Waals surface area contributed by atoms with Crippen LogP contribution in [0.4, 0.5) is 4.79 Å². The molecule has 3 heterocycles. The number of carbonyl (C=O) groups excluding carboxylic acids is 1. The summed E-state index contributed by atoms with van der Waals surface area (Å²) in [4.78, 5) is 14.9. The van der Waals surface area contributed by atoms with Crippen molar-refractivity contribution in [3.63, 3.8) is 0 Å². The molecule has 24 heavy (non-hydrogen) atoms. The van der Waals surface area contributed by atoms with E-state index in [0.29, 0.717) is 6.61 Å². The molecule has 2 amide bonds. The second kappa shape index (κ2) is 7.98. The van der Waals surface area contributed by atoms with Gasteiger partial charge in [0, 0.05) is 33.5 Å². The number of urea groups is 1. The van der Waals surface area contributed by atoms with Gasteiger partial charge in [0.05, 0.1) is 30.5 Å². The second-order valence-electron chi connectivity index (χ2n) is 6.65. The fourth-order valence-corrected chi connectivity index (χ4v) is 3.78. The maximum atomic E-state index is 12.9. The van der Waals surface area contributed by atoms with Crippen LogP contribution in [0.25, 0.3) is 0 Å². The fourth-order valence-electron chi connectivity index (χ4n) is 3.78. The molecule has 3 rings (SSSR count). The van der Waals surface area contributed by atoms with E-state index in [1.54, 1.807) is 13.3 Å². The largest absolute Gasteiger partial charge is 0.382 e. The van der Waals surface area contributed by atoms with Crippen molar-refractivity contribution in [3.8, 4) is 0 Å². The lowest BCUT2D eigenvalue weighted by Crippen LogP contribution is -2.53. The monoisotopic (exact) mass is 336 g/mol. The van der Waals surface area contributed by atoms with Crippen LogP contribution >= 0.6 is 0 Å². The topological polar surface area (TPSA) is 68.6 Å². The molecule has 3 atom stereocenters. The Morgan fingerprint density at radius 1 is 1.46 bits per heavy atom. The highest BCUT2D eigenvalue weighted by molar-refractivity contribution is 5.75. The molecule has 0 radical (unpaired) electrons. The van der Waals surface area contributed by atoms with E-state index in [0.717, 1.165) is 50.9 Å². The van der Waals surface area contributed by atoms with Gasteiger partial charge in [0.15, 0.2) is 0 Å². The Kier molecular flexibility index (Phi) is 5.73. The Morgan fingerprint density at radius 3 is 3.00 bits per heavy atom. The maximum absolute atomic E-state index is 12.9. The Hall–Kier alpha value is -1.60. The molecule has 7 nitrogen and oxygen atoms in total. The molecule has 1 aromatic rings. The molecule has 2 saturated heterocycles. The molecule has 0 bridgehead atoms. The third-order valence-electron chi connectivity index (χ3n) is 5.03. The number of aromatic nitrogens is 2. The van der Waals surface area contributed by atoms with Crippen LogP contribution in [0, 0.1) is 0 Å². The summed E-state index contributed by atoms with van der Waals surface area (Å²) in [5.41, 5.74) is 1.09. The number of nitrogens with zero attached hydrogens (tertiary/aromatic N) is 3. The molecule has 1 N–H and O–H groups in total. The van der Waals surface area contributed by atoms with Gasteiger partial charge in [-0.3, -0.25) is 4.68 Å². The highest BCUT2D eigenvalue weighted by Crippen LogP contribution is 2.30. The molecule has 0 saturated carbocycles. The second-order valence-corrected chi connectivity index (χ2v) is 6.65. The lowest BCUT2D eigenvalue weighted by molar-refractivity contribution is 0.0424. The summed E-state index contributed by atoms with van der Waals surface area (Å²) in [6.45, 7) is 2.01. The average molecular weight is 336 g/mol. The number of ether oxygens (including phenoxy) is 2. The van der Waals surface area contributed by atoms with E-state index in [1.165, 1.54) is 0 Å². The Balaban J connectivity index is 1.70. The van der Waals surface area contributed by atoms with Gasteiger partial charge in [-0.25, -0.2) is 4.79 Å². The van der Waals surface area contributed by atoms with Crippen LogP contribution in [-0.2, 0) is 16.5 Å². The molecule has 1 aromatic heterocycles. The van der Waals surface area contributed by atoms with E-state index >= 15 is 0 Å². The highest BCUT2D eigenvalue weighted by Gasteiger charge is 2.33. The summed E-state index contributed by atoms with van der Waals surface area (Å²) in [5, 5.41) is 7.41. The van der Waals surface area contributed by atoms with Crippen LogP contribution in [0.5, 0.6) is 0 Å². The molecule has 0 aliphatic carbocycles. The first kappa shape index (κ1) is 17.2. The van der Waals surface area contributed by atoms with E-state index in [1.807, 2.05) is 22.7 Å². The molecule has 2 aliphatic heterocycles. The molecule has 0 aromatic carbocycles. The van der Waals surface area contributed by atoms with Gasteiger partial charge < -0.3 is 19.7 Å². The number of likely N-dealkylation sites (tertiary alicyclic amines) is 1. The van der Waals surface area contributed by atoms with Crippen molar-refractivity contribution >= 4 is 6.03 Å². The molecular formula is C17H28N4O3. The first-order valence-corrected chi connectivity index (χ1v) is 8.86. The Labute approximate surface area is 143 Å². The molecular weight excluding hydrogens is 308 g/mol. The number of nitrogens with one attached hydrogen (secondary N) is 1. The third-order valence-corrected chi connectivity index (χ3v) is 5.03. The van der Waals surface area contributed by atoms with Crippen LogP contribution in [0.1, 0.15) is 43.8 Å². The predicted molar refractivity (Wildman–Crippen MR) is 89.7 cm³/mol. The zero-order valence-electron chi connectivity index (χ0n) is 14.6.